The van der Waals surface area contributed by atoms with E-state index in [2.05, 4.69) is 12.1 Å². The molecule has 0 unspecified atom stereocenters. The van der Waals surface area contributed by atoms with E-state index in [1.807, 2.05) is 6.07 Å². The van der Waals surface area contributed by atoms with Gasteiger partial charge in [0.2, 0.25) is 0 Å². The van der Waals surface area contributed by atoms with Crippen LogP contribution < -0.4 is 0 Å². The van der Waals surface area contributed by atoms with Gasteiger partial charge < -0.3 is 4.42 Å². The number of hydrogen-bond acceptors (Lipinski definition) is 2. The molecule has 0 N–H and O–H groups in total. The molecule has 2 aromatic rings. The molecule has 0 bridgehead atoms. The second-order valence-corrected chi connectivity index (χ2v) is 3.84. The summed E-state index contributed by atoms with van der Waals surface area (Å²) in [6, 6.07) is 7.99. The Balaban J connectivity index is 2.16. The normalized spacial score (nSPS) is 16.0. The third kappa shape index (κ3) is 1.15. The van der Waals surface area contributed by atoms with Crippen LogP contribution in [-0.2, 0) is 0 Å². The number of carbonyl (C=O) groups excluding carboxylic acids is 1. The largest absolute Gasteiger partial charge is 0.453 e. The highest BCUT2D eigenvalue weighted by Crippen LogP contribution is 2.41. The Morgan fingerprint density at radius 1 is 1.29 bits per heavy atom. The summed E-state index contributed by atoms with van der Waals surface area (Å²) in [7, 11) is 0. The van der Waals surface area contributed by atoms with Crippen molar-refractivity contribution in [2.45, 2.75) is 18.8 Å². The first-order valence-electron chi connectivity index (χ1n) is 4.85. The van der Waals surface area contributed by atoms with Crippen LogP contribution in [0, 0.1) is 0 Å². The molecule has 3 rings (SSSR count). The maximum atomic E-state index is 10.5. The lowest BCUT2D eigenvalue weighted by atomic mass is 10.1. The molecule has 1 heterocycles. The number of rotatable bonds is 2. The van der Waals surface area contributed by atoms with Crippen LogP contribution in [0.5, 0.6) is 0 Å². The summed E-state index contributed by atoms with van der Waals surface area (Å²) < 4.78 is 5.37. The van der Waals surface area contributed by atoms with Crippen molar-refractivity contribution in [3.05, 3.63) is 35.6 Å². The summed E-state index contributed by atoms with van der Waals surface area (Å²) in [5, 5.41) is 1.01. The number of hydrogen-bond donors (Lipinski definition) is 0. The van der Waals surface area contributed by atoms with E-state index in [0.29, 0.717) is 5.76 Å². The van der Waals surface area contributed by atoms with E-state index in [1.54, 1.807) is 6.07 Å². The summed E-state index contributed by atoms with van der Waals surface area (Å²) in [6.07, 6.45) is 3.32. The third-order valence-electron chi connectivity index (χ3n) is 2.73. The lowest BCUT2D eigenvalue weighted by molar-refractivity contribution is 0.110. The molecule has 0 amide bonds. The molecule has 0 saturated heterocycles. The van der Waals surface area contributed by atoms with Gasteiger partial charge in [-0.2, -0.15) is 0 Å². The second kappa shape index (κ2) is 2.71. The van der Waals surface area contributed by atoms with Gasteiger partial charge in [-0.15, -0.1) is 0 Å². The van der Waals surface area contributed by atoms with Gasteiger partial charge in [0.15, 0.2) is 12.0 Å². The maximum absolute atomic E-state index is 10.5. The second-order valence-electron chi connectivity index (χ2n) is 3.84. The summed E-state index contributed by atoms with van der Waals surface area (Å²) in [6.45, 7) is 0. The van der Waals surface area contributed by atoms with Crippen molar-refractivity contribution in [2.75, 3.05) is 0 Å². The smallest absolute Gasteiger partial charge is 0.185 e. The highest BCUT2D eigenvalue weighted by molar-refractivity contribution is 5.85. The molecule has 1 fully saturated rings. The van der Waals surface area contributed by atoms with Crippen LogP contribution in [0.2, 0.25) is 0 Å². The molecule has 1 aromatic heterocycles. The molecule has 70 valence electrons. The van der Waals surface area contributed by atoms with Crippen molar-refractivity contribution in [1.82, 2.24) is 0 Å². The monoisotopic (exact) mass is 186 g/mol. The number of aldehydes is 1. The Morgan fingerprint density at radius 2 is 2.14 bits per heavy atom. The molecule has 2 nitrogen and oxygen atoms in total. The van der Waals surface area contributed by atoms with E-state index in [4.69, 9.17) is 4.42 Å². The molecule has 2 heteroatoms. The molecule has 1 aliphatic carbocycles. The maximum Gasteiger partial charge on any atom is 0.185 e. The van der Waals surface area contributed by atoms with E-state index in [-0.39, 0.29) is 0 Å². The van der Waals surface area contributed by atoms with Gasteiger partial charge in [0.05, 0.1) is 0 Å². The summed E-state index contributed by atoms with van der Waals surface area (Å²) in [5.74, 6) is 1.14. The van der Waals surface area contributed by atoms with E-state index in [0.717, 1.165) is 23.2 Å². The topological polar surface area (TPSA) is 30.2 Å². The summed E-state index contributed by atoms with van der Waals surface area (Å²) >= 11 is 0. The van der Waals surface area contributed by atoms with Crippen LogP contribution in [0.1, 0.15) is 34.9 Å². The average molecular weight is 186 g/mol. The van der Waals surface area contributed by atoms with E-state index < -0.39 is 0 Å². The van der Waals surface area contributed by atoms with E-state index >= 15 is 0 Å². The van der Waals surface area contributed by atoms with Crippen LogP contribution in [0.25, 0.3) is 11.0 Å². The zero-order valence-electron chi connectivity index (χ0n) is 7.69. The van der Waals surface area contributed by atoms with Gasteiger partial charge in [-0.25, -0.2) is 0 Å². The summed E-state index contributed by atoms with van der Waals surface area (Å²) in [5.41, 5.74) is 2.17. The highest BCUT2D eigenvalue weighted by Gasteiger charge is 2.23. The predicted octanol–water partition coefficient (Wildman–Crippen LogP) is 3.12. The number of carbonyl (C=O) groups is 1. The zero-order valence-corrected chi connectivity index (χ0v) is 7.69. The van der Waals surface area contributed by atoms with E-state index in [9.17, 15) is 4.79 Å². The first-order valence-corrected chi connectivity index (χ1v) is 4.85. The average Bonchev–Trinajstić information content (AvgIpc) is 2.97. The molecule has 0 radical (unpaired) electrons. The van der Waals surface area contributed by atoms with Crippen molar-refractivity contribution >= 4 is 17.3 Å². The van der Waals surface area contributed by atoms with Gasteiger partial charge in [-0.3, -0.25) is 4.79 Å². The van der Waals surface area contributed by atoms with Crippen molar-refractivity contribution < 1.29 is 9.21 Å². The molecule has 1 aromatic carbocycles. The van der Waals surface area contributed by atoms with Gasteiger partial charge in [0.25, 0.3) is 0 Å². The highest BCUT2D eigenvalue weighted by atomic mass is 16.3. The van der Waals surface area contributed by atoms with Crippen molar-refractivity contribution in [3.63, 3.8) is 0 Å². The molecular formula is C12H10O2. The van der Waals surface area contributed by atoms with Gasteiger partial charge in [0, 0.05) is 5.39 Å². The molecule has 0 atom stereocenters. The molecule has 0 spiro atoms. The standard InChI is InChI=1S/C12H10O2/c13-7-11-5-10-4-3-9(8-1-2-8)6-12(10)14-11/h3-8H,1-2H2. The quantitative estimate of drug-likeness (QED) is 0.674. The minimum Gasteiger partial charge on any atom is -0.453 e. The Kier molecular flexibility index (Phi) is 1.51. The molecular weight excluding hydrogens is 176 g/mol. The predicted molar refractivity (Wildman–Crippen MR) is 53.6 cm³/mol. The zero-order chi connectivity index (χ0) is 9.54. The Bertz CT molecular complexity index is 492. The molecule has 0 aliphatic heterocycles. The van der Waals surface area contributed by atoms with Gasteiger partial charge in [0.1, 0.15) is 5.58 Å². The van der Waals surface area contributed by atoms with Crippen LogP contribution in [-0.4, -0.2) is 6.29 Å². The van der Waals surface area contributed by atoms with Crippen molar-refractivity contribution in [1.29, 1.82) is 0 Å². The lowest BCUT2D eigenvalue weighted by Crippen LogP contribution is -1.76. The first kappa shape index (κ1) is 7.80. The fourth-order valence-corrected chi connectivity index (χ4v) is 1.80. The van der Waals surface area contributed by atoms with Gasteiger partial charge in [-0.1, -0.05) is 12.1 Å². The van der Waals surface area contributed by atoms with Crippen LogP contribution in [0.3, 0.4) is 0 Å². The van der Waals surface area contributed by atoms with Crippen molar-refractivity contribution in [2.24, 2.45) is 0 Å². The number of fused-ring (bicyclic) bond motifs is 1. The van der Waals surface area contributed by atoms with Gasteiger partial charge >= 0.3 is 0 Å². The fourth-order valence-electron chi connectivity index (χ4n) is 1.80. The minimum absolute atomic E-state index is 0.410. The molecule has 1 saturated carbocycles. The Morgan fingerprint density at radius 3 is 2.86 bits per heavy atom. The Hall–Kier alpha value is -1.57. The van der Waals surface area contributed by atoms with Crippen LogP contribution >= 0.6 is 0 Å². The number of benzene rings is 1. The molecule has 14 heavy (non-hydrogen) atoms. The minimum atomic E-state index is 0.410. The van der Waals surface area contributed by atoms with Crippen molar-refractivity contribution in [3.8, 4) is 0 Å². The lowest BCUT2D eigenvalue weighted by Gasteiger charge is -1.95. The molecule has 1 aliphatic rings. The van der Waals surface area contributed by atoms with E-state index in [1.165, 1.54) is 18.4 Å². The Labute approximate surface area is 81.5 Å². The first-order chi connectivity index (χ1) is 6.86. The summed E-state index contributed by atoms with van der Waals surface area (Å²) in [4.78, 5) is 10.5. The number of furan rings is 1. The fraction of sp³-hybridized carbons (Fsp3) is 0.250. The third-order valence-corrected chi connectivity index (χ3v) is 2.73. The van der Waals surface area contributed by atoms with Crippen LogP contribution in [0.15, 0.2) is 28.7 Å². The SMILES string of the molecule is O=Cc1cc2ccc(C3CC3)cc2o1. The van der Waals surface area contributed by atoms with Gasteiger partial charge in [-0.05, 0) is 36.5 Å². The van der Waals surface area contributed by atoms with Crippen LogP contribution in [0.4, 0.5) is 0 Å².